The van der Waals surface area contributed by atoms with Crippen LogP contribution in [0.15, 0.2) is 54.1 Å². The first-order valence-electron chi connectivity index (χ1n) is 10.1. The lowest BCUT2D eigenvalue weighted by molar-refractivity contribution is -0.140. The number of benzene rings is 2. The average Bonchev–Trinajstić information content (AvgIpc) is 2.97. The van der Waals surface area contributed by atoms with Crippen molar-refractivity contribution < 1.29 is 19.4 Å². The molecule has 0 aliphatic carbocycles. The molecule has 2 aromatic carbocycles. The molecule has 0 radical (unpaired) electrons. The Morgan fingerprint density at radius 2 is 1.71 bits per heavy atom. The highest BCUT2D eigenvalue weighted by Gasteiger charge is 2.45. The van der Waals surface area contributed by atoms with E-state index < -0.39 is 17.7 Å². The molecule has 7 heteroatoms. The Bertz CT molecular complexity index is 982. The van der Waals surface area contributed by atoms with Gasteiger partial charge in [-0.2, -0.15) is 0 Å². The molecular formula is C24H27ClN2O4. The van der Waals surface area contributed by atoms with Crippen molar-refractivity contribution in [2.45, 2.75) is 26.0 Å². The van der Waals surface area contributed by atoms with Crippen LogP contribution in [0.2, 0.25) is 5.02 Å². The van der Waals surface area contributed by atoms with Crippen LogP contribution in [0, 0.1) is 0 Å². The molecule has 1 N–H and O–H groups in total. The number of amides is 1. The summed E-state index contributed by atoms with van der Waals surface area (Å²) in [7, 11) is 3.79. The van der Waals surface area contributed by atoms with Crippen molar-refractivity contribution >= 4 is 29.1 Å². The maximum Gasteiger partial charge on any atom is 0.295 e. The van der Waals surface area contributed by atoms with Crippen LogP contribution in [-0.2, 0) is 9.59 Å². The lowest BCUT2D eigenvalue weighted by Gasteiger charge is -2.26. The van der Waals surface area contributed by atoms with Crippen molar-refractivity contribution in [2.24, 2.45) is 0 Å². The second-order valence-electron chi connectivity index (χ2n) is 8.04. The Kier molecular flexibility index (Phi) is 7.03. The molecule has 1 saturated heterocycles. The Labute approximate surface area is 187 Å². The number of hydrogen-bond acceptors (Lipinski definition) is 5. The van der Waals surface area contributed by atoms with Gasteiger partial charge in [-0.25, -0.2) is 0 Å². The van der Waals surface area contributed by atoms with Gasteiger partial charge in [0.25, 0.3) is 11.7 Å². The minimum absolute atomic E-state index is 0.0198. The van der Waals surface area contributed by atoms with Crippen molar-refractivity contribution in [1.82, 2.24) is 9.80 Å². The summed E-state index contributed by atoms with van der Waals surface area (Å²) >= 11 is 6.03. The summed E-state index contributed by atoms with van der Waals surface area (Å²) in [6.07, 6.45) is 0.0198. The SMILES string of the molecule is CC(C)Oc1ccc(/C(O)=C2\C(=O)C(=O)N(CCN(C)C)C2c2ccc(Cl)cc2)cc1. The van der Waals surface area contributed by atoms with E-state index in [-0.39, 0.29) is 17.4 Å². The topological polar surface area (TPSA) is 70.1 Å². The molecule has 1 heterocycles. The first kappa shape index (κ1) is 22.8. The van der Waals surface area contributed by atoms with Gasteiger partial charge in [0.2, 0.25) is 0 Å². The summed E-state index contributed by atoms with van der Waals surface area (Å²) in [4.78, 5) is 29.3. The Morgan fingerprint density at radius 1 is 1.10 bits per heavy atom. The van der Waals surface area contributed by atoms with Crippen LogP contribution in [0.1, 0.15) is 31.0 Å². The zero-order valence-electron chi connectivity index (χ0n) is 18.1. The van der Waals surface area contributed by atoms with Gasteiger partial charge in [0.05, 0.1) is 17.7 Å². The van der Waals surface area contributed by atoms with Gasteiger partial charge in [0.1, 0.15) is 11.5 Å². The first-order valence-corrected chi connectivity index (χ1v) is 10.5. The molecule has 1 amide bonds. The molecule has 0 saturated carbocycles. The molecule has 0 spiro atoms. The third-order valence-corrected chi connectivity index (χ3v) is 5.27. The van der Waals surface area contributed by atoms with Crippen molar-refractivity contribution in [3.05, 3.63) is 70.3 Å². The predicted octanol–water partition coefficient (Wildman–Crippen LogP) is 4.11. The van der Waals surface area contributed by atoms with Gasteiger partial charge < -0.3 is 19.6 Å². The van der Waals surface area contributed by atoms with Gasteiger partial charge in [-0.05, 0) is 69.9 Å². The smallest absolute Gasteiger partial charge is 0.295 e. The second-order valence-corrected chi connectivity index (χ2v) is 8.47. The van der Waals surface area contributed by atoms with Gasteiger partial charge in [-0.3, -0.25) is 9.59 Å². The van der Waals surface area contributed by atoms with Crippen molar-refractivity contribution in [3.63, 3.8) is 0 Å². The van der Waals surface area contributed by atoms with Crippen LogP contribution in [-0.4, -0.2) is 59.9 Å². The van der Waals surface area contributed by atoms with E-state index in [1.807, 2.05) is 32.8 Å². The molecule has 6 nitrogen and oxygen atoms in total. The fourth-order valence-corrected chi connectivity index (χ4v) is 3.66. The van der Waals surface area contributed by atoms with E-state index in [0.717, 1.165) is 0 Å². The van der Waals surface area contributed by atoms with Crippen molar-refractivity contribution in [2.75, 3.05) is 27.2 Å². The van der Waals surface area contributed by atoms with E-state index in [4.69, 9.17) is 16.3 Å². The molecule has 3 rings (SSSR count). The summed E-state index contributed by atoms with van der Waals surface area (Å²) in [6, 6.07) is 13.1. The van der Waals surface area contributed by atoms with Gasteiger partial charge in [0.15, 0.2) is 0 Å². The number of hydrogen-bond donors (Lipinski definition) is 1. The average molecular weight is 443 g/mol. The number of likely N-dealkylation sites (tertiary alicyclic amines) is 1. The standard InChI is InChI=1S/C24H27ClN2O4/c1-15(2)31-19-11-7-17(8-12-19)22(28)20-21(16-5-9-18(25)10-6-16)27(14-13-26(3)4)24(30)23(20)29/h5-12,15,21,28H,13-14H2,1-4H3/b22-20+. The molecule has 2 aromatic rings. The lowest BCUT2D eigenvalue weighted by atomic mass is 9.95. The zero-order valence-corrected chi connectivity index (χ0v) is 18.9. The highest BCUT2D eigenvalue weighted by Crippen LogP contribution is 2.39. The van der Waals surface area contributed by atoms with E-state index in [1.54, 1.807) is 48.5 Å². The minimum atomic E-state index is -0.696. The molecule has 31 heavy (non-hydrogen) atoms. The molecule has 0 bridgehead atoms. The number of carbonyl (C=O) groups is 2. The van der Waals surface area contributed by atoms with Crippen LogP contribution >= 0.6 is 11.6 Å². The largest absolute Gasteiger partial charge is 0.507 e. The predicted molar refractivity (Wildman–Crippen MR) is 121 cm³/mol. The number of halogens is 1. The summed E-state index contributed by atoms with van der Waals surface area (Å²) in [6.45, 7) is 4.78. The normalized spacial score (nSPS) is 18.3. The number of aliphatic hydroxyl groups is 1. The number of ether oxygens (including phenoxy) is 1. The Hall–Kier alpha value is -2.83. The van der Waals surface area contributed by atoms with E-state index in [0.29, 0.717) is 35.0 Å². The molecule has 1 aliphatic heterocycles. The highest BCUT2D eigenvalue weighted by atomic mass is 35.5. The number of nitrogens with zero attached hydrogens (tertiary/aromatic N) is 2. The van der Waals surface area contributed by atoms with Gasteiger partial charge in [-0.1, -0.05) is 23.7 Å². The quantitative estimate of drug-likeness (QED) is 0.397. The zero-order chi connectivity index (χ0) is 22.7. The molecule has 1 aliphatic rings. The first-order chi connectivity index (χ1) is 14.7. The molecule has 0 aromatic heterocycles. The summed E-state index contributed by atoms with van der Waals surface area (Å²) in [5, 5.41) is 11.6. The van der Waals surface area contributed by atoms with Crippen molar-refractivity contribution in [3.8, 4) is 5.75 Å². The molecular weight excluding hydrogens is 416 g/mol. The monoisotopic (exact) mass is 442 g/mol. The van der Waals surface area contributed by atoms with Gasteiger partial charge in [0, 0.05) is 23.7 Å². The number of ketones is 1. The fraction of sp³-hybridized carbons (Fsp3) is 0.333. The van der Waals surface area contributed by atoms with E-state index in [9.17, 15) is 14.7 Å². The Balaban J connectivity index is 2.06. The molecule has 1 unspecified atom stereocenters. The van der Waals surface area contributed by atoms with E-state index in [2.05, 4.69) is 0 Å². The minimum Gasteiger partial charge on any atom is -0.507 e. The second kappa shape index (κ2) is 9.54. The van der Waals surface area contributed by atoms with Crippen LogP contribution in [0.25, 0.3) is 5.76 Å². The van der Waals surface area contributed by atoms with Crippen LogP contribution in [0.4, 0.5) is 0 Å². The van der Waals surface area contributed by atoms with Gasteiger partial charge in [-0.15, -0.1) is 0 Å². The maximum atomic E-state index is 13.0. The lowest BCUT2D eigenvalue weighted by Crippen LogP contribution is -2.35. The van der Waals surface area contributed by atoms with Crippen LogP contribution in [0.3, 0.4) is 0 Å². The number of rotatable bonds is 7. The van der Waals surface area contributed by atoms with Gasteiger partial charge >= 0.3 is 0 Å². The van der Waals surface area contributed by atoms with E-state index in [1.165, 1.54) is 4.90 Å². The maximum absolute atomic E-state index is 13.0. The number of likely N-dealkylation sites (N-methyl/N-ethyl adjacent to an activating group) is 1. The third-order valence-electron chi connectivity index (χ3n) is 5.01. The number of carbonyl (C=O) groups excluding carboxylic acids is 2. The molecule has 1 atom stereocenters. The van der Waals surface area contributed by atoms with Crippen LogP contribution in [0.5, 0.6) is 5.75 Å². The summed E-state index contributed by atoms with van der Waals surface area (Å²) < 4.78 is 5.64. The van der Waals surface area contributed by atoms with Crippen LogP contribution < -0.4 is 4.74 Å². The summed E-state index contributed by atoms with van der Waals surface area (Å²) in [5.41, 5.74) is 1.23. The Morgan fingerprint density at radius 3 is 2.26 bits per heavy atom. The van der Waals surface area contributed by atoms with Crippen molar-refractivity contribution in [1.29, 1.82) is 0 Å². The number of Topliss-reactive ketones (excluding diaryl/α,β-unsaturated/α-hetero) is 1. The third kappa shape index (κ3) is 5.09. The fourth-order valence-electron chi connectivity index (χ4n) is 3.53. The van der Waals surface area contributed by atoms with E-state index >= 15 is 0 Å². The molecule has 164 valence electrons. The molecule has 1 fully saturated rings. The summed E-state index contributed by atoms with van der Waals surface area (Å²) in [5.74, 6) is -0.865. The number of aliphatic hydroxyl groups excluding tert-OH is 1. The highest BCUT2D eigenvalue weighted by molar-refractivity contribution is 6.46.